The number of aromatic nitrogens is 1. The van der Waals surface area contributed by atoms with Gasteiger partial charge in [-0.15, -0.1) is 0 Å². The molecule has 0 saturated carbocycles. The van der Waals surface area contributed by atoms with E-state index in [1.807, 2.05) is 34.6 Å². The van der Waals surface area contributed by atoms with Gasteiger partial charge < -0.3 is 11.1 Å². The Balaban J connectivity index is -0.000000371. The van der Waals surface area contributed by atoms with Gasteiger partial charge in [-0.25, -0.2) is 4.98 Å². The first-order chi connectivity index (χ1) is 11.4. The molecule has 0 amide bonds. The van der Waals surface area contributed by atoms with Gasteiger partial charge in [0.05, 0.1) is 0 Å². The molecule has 1 aromatic rings. The average Bonchev–Trinajstić information content (AvgIpc) is 2.56. The standard InChI is InChI=1S/C11H17N3.C6H14.2C2H6/c1-4-6-13-11-10(8(2)3)9(12)5-7-14-11;1-4-5-6(2)3;2*1-2/h5,7H,2,4,6H2,1,3H3,(H3,12,13,14);6H,4-5H2,1-3H3;2*1-2H3. The zero-order valence-corrected chi connectivity index (χ0v) is 17.8. The van der Waals surface area contributed by atoms with Crippen LogP contribution in [0.15, 0.2) is 18.8 Å². The number of nitrogens with zero attached hydrogens (tertiary/aromatic N) is 1. The summed E-state index contributed by atoms with van der Waals surface area (Å²) in [5.74, 6) is 1.73. The summed E-state index contributed by atoms with van der Waals surface area (Å²) in [5, 5.41) is 3.23. The van der Waals surface area contributed by atoms with Gasteiger partial charge in [-0.05, 0) is 30.9 Å². The van der Waals surface area contributed by atoms with Crippen LogP contribution in [0.3, 0.4) is 0 Å². The monoisotopic (exact) mass is 337 g/mol. The van der Waals surface area contributed by atoms with E-state index >= 15 is 0 Å². The maximum Gasteiger partial charge on any atom is 0.135 e. The molecule has 0 aromatic carbocycles. The van der Waals surface area contributed by atoms with Crippen LogP contribution in [0.1, 0.15) is 87.1 Å². The predicted molar refractivity (Wildman–Crippen MR) is 115 cm³/mol. The highest BCUT2D eigenvalue weighted by molar-refractivity contribution is 5.80. The maximum atomic E-state index is 5.85. The van der Waals surface area contributed by atoms with Crippen LogP contribution in [-0.2, 0) is 0 Å². The molecule has 0 unspecified atom stereocenters. The molecule has 1 heterocycles. The molecule has 3 heteroatoms. The third-order valence-corrected chi connectivity index (χ3v) is 2.82. The van der Waals surface area contributed by atoms with Crippen molar-refractivity contribution in [2.24, 2.45) is 5.92 Å². The number of nitrogens with one attached hydrogen (secondary N) is 1. The van der Waals surface area contributed by atoms with Crippen LogP contribution in [0.25, 0.3) is 5.57 Å². The van der Waals surface area contributed by atoms with Gasteiger partial charge in [0.2, 0.25) is 0 Å². The third kappa shape index (κ3) is 14.1. The maximum absolute atomic E-state index is 5.85. The SMILES string of the molecule is C=C(C)c1c(N)ccnc1NCCC.CC.CC.CCCC(C)C. The van der Waals surface area contributed by atoms with Gasteiger partial charge in [-0.2, -0.15) is 0 Å². The molecule has 3 nitrogen and oxygen atoms in total. The van der Waals surface area contributed by atoms with Crippen LogP contribution in [0, 0.1) is 5.92 Å². The summed E-state index contributed by atoms with van der Waals surface area (Å²) in [6.07, 6.45) is 5.48. The lowest BCUT2D eigenvalue weighted by molar-refractivity contribution is 0.576. The average molecular weight is 338 g/mol. The number of nitrogen functional groups attached to an aromatic ring is 1. The van der Waals surface area contributed by atoms with Crippen LogP contribution >= 0.6 is 0 Å². The molecule has 0 bridgehead atoms. The molecule has 142 valence electrons. The van der Waals surface area contributed by atoms with Gasteiger partial charge in [-0.1, -0.05) is 74.8 Å². The Morgan fingerprint density at radius 3 is 2.04 bits per heavy atom. The molecule has 24 heavy (non-hydrogen) atoms. The van der Waals surface area contributed by atoms with Crippen molar-refractivity contribution in [1.82, 2.24) is 4.98 Å². The molecular weight excluding hydrogens is 294 g/mol. The van der Waals surface area contributed by atoms with E-state index in [4.69, 9.17) is 5.73 Å². The Kier molecular flexibility index (Phi) is 22.3. The van der Waals surface area contributed by atoms with E-state index in [0.717, 1.165) is 41.5 Å². The van der Waals surface area contributed by atoms with Crippen molar-refractivity contribution in [3.8, 4) is 0 Å². The molecule has 0 aliphatic rings. The van der Waals surface area contributed by atoms with Crippen molar-refractivity contribution < 1.29 is 0 Å². The number of nitrogens with two attached hydrogens (primary N) is 1. The minimum absolute atomic E-state index is 0.728. The van der Waals surface area contributed by atoms with Crippen LogP contribution in [0.5, 0.6) is 0 Å². The molecular formula is C21H43N3. The molecule has 0 atom stereocenters. The summed E-state index contributed by atoms with van der Waals surface area (Å²) in [4.78, 5) is 4.25. The van der Waals surface area contributed by atoms with Crippen LogP contribution in [0.4, 0.5) is 11.5 Å². The summed E-state index contributed by atoms with van der Waals surface area (Å²) in [5.41, 5.74) is 8.45. The quantitative estimate of drug-likeness (QED) is 0.586. The first kappa shape index (κ1) is 27.3. The predicted octanol–water partition coefficient (Wildman–Crippen LogP) is 7.01. The van der Waals surface area contributed by atoms with E-state index < -0.39 is 0 Å². The molecule has 0 saturated heterocycles. The van der Waals surface area contributed by atoms with Gasteiger partial charge in [0.1, 0.15) is 5.82 Å². The molecule has 0 spiro atoms. The first-order valence-electron chi connectivity index (χ1n) is 9.58. The molecule has 0 radical (unpaired) electrons. The molecule has 3 N–H and O–H groups in total. The Bertz CT molecular complexity index is 398. The van der Waals surface area contributed by atoms with E-state index in [1.54, 1.807) is 12.3 Å². The van der Waals surface area contributed by atoms with Gasteiger partial charge >= 0.3 is 0 Å². The summed E-state index contributed by atoms with van der Waals surface area (Å²) in [6, 6.07) is 1.79. The van der Waals surface area contributed by atoms with Crippen molar-refractivity contribution in [3.05, 3.63) is 24.4 Å². The fourth-order valence-electron chi connectivity index (χ4n) is 1.88. The second kappa shape index (κ2) is 19.5. The molecule has 1 aromatic heterocycles. The minimum Gasteiger partial charge on any atom is -0.398 e. The Labute approximate surface area is 152 Å². The van der Waals surface area contributed by atoms with Crippen molar-refractivity contribution in [1.29, 1.82) is 0 Å². The van der Waals surface area contributed by atoms with Crippen molar-refractivity contribution in [3.63, 3.8) is 0 Å². The first-order valence-corrected chi connectivity index (χ1v) is 9.58. The Morgan fingerprint density at radius 2 is 1.71 bits per heavy atom. The highest BCUT2D eigenvalue weighted by Crippen LogP contribution is 2.25. The Morgan fingerprint density at radius 1 is 1.17 bits per heavy atom. The van der Waals surface area contributed by atoms with Crippen LogP contribution in [-0.4, -0.2) is 11.5 Å². The lowest BCUT2D eigenvalue weighted by atomic mass is 10.1. The van der Waals surface area contributed by atoms with E-state index in [1.165, 1.54) is 12.8 Å². The van der Waals surface area contributed by atoms with Crippen molar-refractivity contribution >= 4 is 17.1 Å². The number of hydrogen-bond acceptors (Lipinski definition) is 3. The lowest BCUT2D eigenvalue weighted by Crippen LogP contribution is -2.06. The lowest BCUT2D eigenvalue weighted by Gasteiger charge is -2.12. The Hall–Kier alpha value is -1.51. The minimum atomic E-state index is 0.728. The number of pyridine rings is 1. The second-order valence-corrected chi connectivity index (χ2v) is 5.51. The number of rotatable bonds is 6. The smallest absolute Gasteiger partial charge is 0.135 e. The van der Waals surface area contributed by atoms with Gasteiger partial charge in [0, 0.05) is 24.0 Å². The number of hydrogen-bond donors (Lipinski definition) is 2. The molecule has 0 fully saturated rings. The van der Waals surface area contributed by atoms with Crippen molar-refractivity contribution in [2.75, 3.05) is 17.6 Å². The van der Waals surface area contributed by atoms with Crippen LogP contribution < -0.4 is 11.1 Å². The summed E-state index contributed by atoms with van der Waals surface area (Å²) >= 11 is 0. The zero-order chi connectivity index (χ0) is 19.5. The largest absolute Gasteiger partial charge is 0.398 e. The zero-order valence-electron chi connectivity index (χ0n) is 17.8. The normalized spacial score (nSPS) is 8.75. The number of allylic oxidation sites excluding steroid dienone is 1. The second-order valence-electron chi connectivity index (χ2n) is 5.51. The van der Waals surface area contributed by atoms with Gasteiger partial charge in [0.15, 0.2) is 0 Å². The van der Waals surface area contributed by atoms with E-state index in [-0.39, 0.29) is 0 Å². The fraction of sp³-hybridized carbons (Fsp3) is 0.667. The molecule has 0 aliphatic heterocycles. The van der Waals surface area contributed by atoms with E-state index in [9.17, 15) is 0 Å². The third-order valence-electron chi connectivity index (χ3n) is 2.82. The fourth-order valence-corrected chi connectivity index (χ4v) is 1.88. The van der Waals surface area contributed by atoms with Gasteiger partial charge in [0.25, 0.3) is 0 Å². The van der Waals surface area contributed by atoms with Gasteiger partial charge in [-0.3, -0.25) is 0 Å². The topological polar surface area (TPSA) is 50.9 Å². The number of anilines is 2. The molecule has 1 rings (SSSR count). The highest BCUT2D eigenvalue weighted by atomic mass is 15.0. The molecule has 0 aliphatic carbocycles. The van der Waals surface area contributed by atoms with Crippen LogP contribution in [0.2, 0.25) is 0 Å². The summed E-state index contributed by atoms with van der Waals surface area (Å²) < 4.78 is 0. The summed E-state index contributed by atoms with van der Waals surface area (Å²) in [7, 11) is 0. The van der Waals surface area contributed by atoms with Crippen molar-refractivity contribution in [2.45, 2.75) is 81.6 Å². The summed E-state index contributed by atoms with van der Waals surface area (Å²) in [6.45, 7) is 23.6. The van der Waals surface area contributed by atoms with E-state index in [0.29, 0.717) is 0 Å². The highest BCUT2D eigenvalue weighted by Gasteiger charge is 2.07. The van der Waals surface area contributed by atoms with E-state index in [2.05, 4.69) is 44.6 Å².